The molecule has 0 saturated heterocycles. The van der Waals surface area contributed by atoms with Crippen molar-refractivity contribution in [2.24, 2.45) is 0 Å². The molecule has 0 fully saturated rings. The van der Waals surface area contributed by atoms with Crippen LogP contribution in [0.15, 0.2) is 84.5 Å². The molecule has 0 nitrogen and oxygen atoms in total. The van der Waals surface area contributed by atoms with Gasteiger partial charge in [0.2, 0.25) is 0 Å². The molecule has 152 valence electrons. The van der Waals surface area contributed by atoms with Crippen molar-refractivity contribution in [1.29, 1.82) is 0 Å². The summed E-state index contributed by atoms with van der Waals surface area (Å²) in [6.45, 7) is 4.13. The Balaban J connectivity index is 1.49. The Kier molecular flexibility index (Phi) is 5.94. The summed E-state index contributed by atoms with van der Waals surface area (Å²) in [4.78, 5) is 0. The topological polar surface area (TPSA) is 0 Å². The van der Waals surface area contributed by atoms with Crippen LogP contribution in [0, 0.1) is 13.8 Å². The molecule has 30 heavy (non-hydrogen) atoms. The van der Waals surface area contributed by atoms with Gasteiger partial charge in [-0.05, 0) is 88.9 Å². The number of hydrogen-bond donors (Lipinski definition) is 0. The van der Waals surface area contributed by atoms with E-state index in [9.17, 15) is 8.78 Å². The Morgan fingerprint density at radius 1 is 0.600 bits per heavy atom. The van der Waals surface area contributed by atoms with Gasteiger partial charge in [-0.3, -0.25) is 0 Å². The van der Waals surface area contributed by atoms with Crippen LogP contribution in [0.2, 0.25) is 0 Å². The Labute approximate surface area is 176 Å². The maximum Gasteiger partial charge on any atom is 0.269 e. The van der Waals surface area contributed by atoms with E-state index < -0.39 is 6.08 Å². The van der Waals surface area contributed by atoms with Crippen LogP contribution in [0.25, 0.3) is 21.5 Å². The van der Waals surface area contributed by atoms with Crippen LogP contribution >= 0.6 is 0 Å². The third-order valence-electron chi connectivity index (χ3n) is 6.07. The minimum atomic E-state index is -1.52. The quantitative estimate of drug-likeness (QED) is 0.305. The van der Waals surface area contributed by atoms with Crippen molar-refractivity contribution in [1.82, 2.24) is 0 Å². The van der Waals surface area contributed by atoms with Gasteiger partial charge in [-0.2, -0.15) is 8.78 Å². The lowest BCUT2D eigenvalue weighted by Crippen LogP contribution is -1.98. The average Bonchev–Trinajstić information content (AvgIpc) is 2.73. The molecule has 2 heteroatoms. The zero-order valence-electron chi connectivity index (χ0n) is 17.5. The normalized spacial score (nSPS) is 11.2. The van der Waals surface area contributed by atoms with Gasteiger partial charge in [0.15, 0.2) is 0 Å². The average molecular weight is 401 g/mol. The molecule has 0 aliphatic heterocycles. The van der Waals surface area contributed by atoms with Crippen molar-refractivity contribution in [2.45, 2.75) is 39.5 Å². The summed E-state index contributed by atoms with van der Waals surface area (Å²) >= 11 is 0. The molecule has 0 N–H and O–H groups in total. The number of allylic oxidation sites excluding steroid dienone is 1. The molecule has 0 amide bonds. The van der Waals surface area contributed by atoms with Crippen LogP contribution in [-0.2, 0) is 12.8 Å². The number of benzene rings is 4. The summed E-state index contributed by atoms with van der Waals surface area (Å²) in [7, 11) is 0. The first kappa shape index (κ1) is 20.3. The number of fused-ring (bicyclic) bond motifs is 2. The summed E-state index contributed by atoms with van der Waals surface area (Å²) in [5, 5.41) is 4.71. The van der Waals surface area contributed by atoms with E-state index in [1.807, 2.05) is 24.3 Å². The molecule has 4 aromatic carbocycles. The van der Waals surface area contributed by atoms with Crippen LogP contribution < -0.4 is 0 Å². The fourth-order valence-corrected chi connectivity index (χ4v) is 4.23. The van der Waals surface area contributed by atoms with Crippen molar-refractivity contribution in [3.63, 3.8) is 0 Å². The highest BCUT2D eigenvalue weighted by Crippen LogP contribution is 2.27. The molecule has 0 aromatic heterocycles. The zero-order valence-corrected chi connectivity index (χ0v) is 17.5. The summed E-state index contributed by atoms with van der Waals surface area (Å²) in [5.41, 5.74) is 4.90. The molecule has 0 aliphatic carbocycles. The monoisotopic (exact) mass is 400 g/mol. The maximum absolute atomic E-state index is 13.7. The highest BCUT2D eigenvalue weighted by Gasteiger charge is 2.11. The minimum Gasteiger partial charge on any atom is -0.173 e. The largest absolute Gasteiger partial charge is 0.269 e. The summed E-state index contributed by atoms with van der Waals surface area (Å²) in [6.07, 6.45) is 0.550. The zero-order chi connectivity index (χ0) is 21.1. The molecule has 0 bridgehead atoms. The first-order chi connectivity index (χ1) is 14.5. The van der Waals surface area contributed by atoms with Gasteiger partial charge in [0.25, 0.3) is 6.08 Å². The van der Waals surface area contributed by atoms with Crippen molar-refractivity contribution in [2.75, 3.05) is 0 Å². The van der Waals surface area contributed by atoms with E-state index in [0.717, 1.165) is 33.0 Å². The third kappa shape index (κ3) is 4.43. The summed E-state index contributed by atoms with van der Waals surface area (Å²) in [6, 6.07) is 25.0. The van der Waals surface area contributed by atoms with Gasteiger partial charge in [0.1, 0.15) is 0 Å². The fourth-order valence-electron chi connectivity index (χ4n) is 4.23. The van der Waals surface area contributed by atoms with Crippen LogP contribution in [0.5, 0.6) is 0 Å². The van der Waals surface area contributed by atoms with Gasteiger partial charge in [-0.25, -0.2) is 0 Å². The number of halogens is 2. The highest BCUT2D eigenvalue weighted by molar-refractivity contribution is 5.84. The molecular weight excluding hydrogens is 374 g/mol. The van der Waals surface area contributed by atoms with Gasteiger partial charge in [0.05, 0.1) is 0 Å². The molecule has 4 rings (SSSR count). The molecule has 4 aromatic rings. The SMILES string of the molecule is Cc1cc2ccccc2cc1CCC(CCc1cc2ccccc2cc1C)=C(F)F. The number of aryl methyl sites for hydroxylation is 4. The molecule has 0 atom stereocenters. The molecule has 0 aliphatic rings. The van der Waals surface area contributed by atoms with Crippen LogP contribution in [-0.4, -0.2) is 0 Å². The molecule has 0 saturated carbocycles. The summed E-state index contributed by atoms with van der Waals surface area (Å²) in [5.74, 6) is 0. The highest BCUT2D eigenvalue weighted by atomic mass is 19.3. The second kappa shape index (κ2) is 8.79. The van der Waals surface area contributed by atoms with Crippen LogP contribution in [0.4, 0.5) is 8.78 Å². The maximum atomic E-state index is 13.7. The van der Waals surface area contributed by atoms with Crippen molar-refractivity contribution < 1.29 is 8.78 Å². The van der Waals surface area contributed by atoms with E-state index in [2.05, 4.69) is 62.4 Å². The second-order valence-electron chi connectivity index (χ2n) is 8.12. The van der Waals surface area contributed by atoms with Gasteiger partial charge >= 0.3 is 0 Å². The number of rotatable bonds is 6. The lowest BCUT2D eigenvalue weighted by Gasteiger charge is -2.12. The van der Waals surface area contributed by atoms with Gasteiger partial charge in [-0.15, -0.1) is 0 Å². The van der Waals surface area contributed by atoms with E-state index in [0.29, 0.717) is 25.7 Å². The molecule has 0 radical (unpaired) electrons. The van der Waals surface area contributed by atoms with E-state index in [-0.39, 0.29) is 5.57 Å². The van der Waals surface area contributed by atoms with E-state index in [1.54, 1.807) is 0 Å². The predicted molar refractivity (Wildman–Crippen MR) is 123 cm³/mol. The molecule has 0 unspecified atom stereocenters. The van der Waals surface area contributed by atoms with Crippen molar-refractivity contribution in [3.05, 3.63) is 107 Å². The first-order valence-corrected chi connectivity index (χ1v) is 10.5. The Bertz CT molecular complexity index is 1140. The smallest absolute Gasteiger partial charge is 0.173 e. The Hall–Kier alpha value is -3.00. The van der Waals surface area contributed by atoms with Gasteiger partial charge in [-0.1, -0.05) is 72.8 Å². The van der Waals surface area contributed by atoms with Crippen LogP contribution in [0.3, 0.4) is 0 Å². The lowest BCUT2D eigenvalue weighted by atomic mass is 9.93. The number of hydrogen-bond acceptors (Lipinski definition) is 0. The van der Waals surface area contributed by atoms with Crippen molar-refractivity contribution in [3.8, 4) is 0 Å². The minimum absolute atomic E-state index is 0.273. The van der Waals surface area contributed by atoms with Crippen molar-refractivity contribution >= 4 is 21.5 Å². The second-order valence-corrected chi connectivity index (χ2v) is 8.12. The molecule has 0 spiro atoms. The fraction of sp³-hybridized carbons (Fsp3) is 0.214. The Morgan fingerprint density at radius 2 is 0.967 bits per heavy atom. The predicted octanol–water partition coefficient (Wildman–Crippen LogP) is 8.33. The Morgan fingerprint density at radius 3 is 1.33 bits per heavy atom. The summed E-state index contributed by atoms with van der Waals surface area (Å²) < 4.78 is 27.4. The third-order valence-corrected chi connectivity index (χ3v) is 6.07. The standard InChI is InChI=1S/C28H26F2/c1-19-15-24-7-3-5-9-26(24)17-22(19)13-11-21(28(29)30)12-14-23-18-27-10-6-4-8-25(27)16-20(23)2/h3-10,15-18H,11-14H2,1-2H3. The van der Waals surface area contributed by atoms with Gasteiger partial charge < -0.3 is 0 Å². The van der Waals surface area contributed by atoms with Gasteiger partial charge in [0, 0.05) is 0 Å². The van der Waals surface area contributed by atoms with E-state index >= 15 is 0 Å². The molecular formula is C28H26F2. The first-order valence-electron chi connectivity index (χ1n) is 10.5. The van der Waals surface area contributed by atoms with E-state index in [4.69, 9.17) is 0 Å². The van der Waals surface area contributed by atoms with Crippen LogP contribution in [0.1, 0.15) is 35.1 Å². The molecule has 0 heterocycles. The van der Waals surface area contributed by atoms with E-state index in [1.165, 1.54) is 10.8 Å². The lowest BCUT2D eigenvalue weighted by molar-refractivity contribution is 0.403.